The van der Waals surface area contributed by atoms with E-state index in [1.807, 2.05) is 24.3 Å². The van der Waals surface area contributed by atoms with Crippen LogP contribution in [0.2, 0.25) is 5.02 Å². The molecule has 1 aromatic heterocycles. The van der Waals surface area contributed by atoms with Gasteiger partial charge in [0.15, 0.2) is 0 Å². The zero-order valence-corrected chi connectivity index (χ0v) is 15.1. The maximum Gasteiger partial charge on any atom is 0.238 e. The molecule has 0 aliphatic heterocycles. The Morgan fingerprint density at radius 2 is 2.04 bits per heavy atom. The summed E-state index contributed by atoms with van der Waals surface area (Å²) in [4.78, 5) is 11.5. The van der Waals surface area contributed by atoms with Crippen LogP contribution in [0.5, 0.6) is 0 Å². The van der Waals surface area contributed by atoms with E-state index in [4.69, 9.17) is 21.8 Å². The lowest BCUT2D eigenvalue weighted by Gasteiger charge is -2.14. The number of hydrogen-bond acceptors (Lipinski definition) is 5. The summed E-state index contributed by atoms with van der Waals surface area (Å²) >= 11 is 5.98. The molecule has 2 aromatic rings. The van der Waals surface area contributed by atoms with Crippen molar-refractivity contribution >= 4 is 17.5 Å². The highest BCUT2D eigenvalue weighted by atomic mass is 35.5. The van der Waals surface area contributed by atoms with Gasteiger partial charge in [-0.05, 0) is 56.3 Å². The molecule has 0 saturated heterocycles. The highest BCUT2D eigenvalue weighted by Crippen LogP contribution is 2.53. The monoisotopic (exact) mass is 362 g/mol. The van der Waals surface area contributed by atoms with Gasteiger partial charge in [-0.3, -0.25) is 4.79 Å². The van der Waals surface area contributed by atoms with Gasteiger partial charge in [-0.1, -0.05) is 23.7 Å². The molecule has 1 aliphatic carbocycles. The van der Waals surface area contributed by atoms with Crippen LogP contribution in [0.1, 0.15) is 62.4 Å². The van der Waals surface area contributed by atoms with E-state index in [2.05, 4.69) is 15.5 Å². The number of aromatic nitrogens is 2. The molecular formula is C18H23ClN4O2. The van der Waals surface area contributed by atoms with Crippen LogP contribution in [0.25, 0.3) is 0 Å². The third-order valence-corrected chi connectivity index (χ3v) is 4.87. The third kappa shape index (κ3) is 4.02. The van der Waals surface area contributed by atoms with Crippen molar-refractivity contribution in [3.05, 3.63) is 46.6 Å². The first kappa shape index (κ1) is 17.9. The number of carbonyl (C=O) groups is 1. The molecule has 0 bridgehead atoms. The number of rotatable bonds is 8. The number of unbranched alkanes of at least 4 members (excludes halogenated alkanes) is 1. The van der Waals surface area contributed by atoms with Crippen LogP contribution in [0, 0.1) is 0 Å². The minimum Gasteiger partial charge on any atom is -0.422 e. The maximum absolute atomic E-state index is 11.5. The lowest BCUT2D eigenvalue weighted by atomic mass is 9.96. The molecular weight excluding hydrogens is 340 g/mol. The second kappa shape index (κ2) is 7.54. The Hall–Kier alpha value is -1.92. The molecule has 3 rings (SSSR count). The molecule has 1 unspecified atom stereocenters. The van der Waals surface area contributed by atoms with Crippen molar-refractivity contribution in [2.45, 2.75) is 50.5 Å². The molecule has 1 aromatic carbocycles. The van der Waals surface area contributed by atoms with Gasteiger partial charge in [0.2, 0.25) is 17.7 Å². The van der Waals surface area contributed by atoms with Gasteiger partial charge in [-0.2, -0.15) is 0 Å². The summed E-state index contributed by atoms with van der Waals surface area (Å²) in [6, 6.07) is 7.49. The fourth-order valence-corrected chi connectivity index (χ4v) is 3.21. The van der Waals surface area contributed by atoms with Crippen molar-refractivity contribution in [3.63, 3.8) is 0 Å². The minimum absolute atomic E-state index is 0.115. The largest absolute Gasteiger partial charge is 0.422 e. The fourth-order valence-electron chi connectivity index (χ4n) is 3.08. The summed E-state index contributed by atoms with van der Waals surface area (Å²) in [5.41, 5.74) is 6.47. The van der Waals surface area contributed by atoms with Crippen molar-refractivity contribution in [1.82, 2.24) is 15.5 Å². The van der Waals surface area contributed by atoms with Crippen LogP contribution in [0.15, 0.2) is 28.7 Å². The van der Waals surface area contributed by atoms with E-state index >= 15 is 0 Å². The average Bonchev–Trinajstić information content (AvgIpc) is 3.24. The van der Waals surface area contributed by atoms with Gasteiger partial charge in [0.25, 0.3) is 0 Å². The number of hydrogen-bond donors (Lipinski definition) is 2. The Balaban J connectivity index is 1.80. The number of nitrogens with zero attached hydrogens (tertiary/aromatic N) is 2. The summed E-state index contributed by atoms with van der Waals surface area (Å²) in [7, 11) is 0. The van der Waals surface area contributed by atoms with E-state index in [0.29, 0.717) is 23.3 Å². The normalized spacial score (nSPS) is 16.4. The molecule has 3 N–H and O–H groups in total. The van der Waals surface area contributed by atoms with Crippen LogP contribution in [0.4, 0.5) is 0 Å². The van der Waals surface area contributed by atoms with E-state index in [9.17, 15) is 4.79 Å². The second-order valence-electron chi connectivity index (χ2n) is 6.57. The molecule has 1 heterocycles. The SMILES string of the molecule is CC(=O)NC(CCCCN)c1nnc(C2(c3ccc(Cl)cc3)CC2)o1. The lowest BCUT2D eigenvalue weighted by molar-refractivity contribution is -0.119. The van der Waals surface area contributed by atoms with Gasteiger partial charge >= 0.3 is 0 Å². The topological polar surface area (TPSA) is 94.0 Å². The number of carbonyl (C=O) groups excluding carboxylic acids is 1. The Morgan fingerprint density at radius 3 is 2.64 bits per heavy atom. The fraction of sp³-hybridized carbons (Fsp3) is 0.500. The van der Waals surface area contributed by atoms with Crippen molar-refractivity contribution in [2.24, 2.45) is 5.73 Å². The molecule has 25 heavy (non-hydrogen) atoms. The number of halogens is 1. The van der Waals surface area contributed by atoms with Gasteiger partial charge in [-0.15, -0.1) is 10.2 Å². The van der Waals surface area contributed by atoms with E-state index in [-0.39, 0.29) is 17.4 Å². The molecule has 1 amide bonds. The summed E-state index contributed by atoms with van der Waals surface area (Å²) in [6.07, 6.45) is 4.45. The number of amides is 1. The molecule has 0 radical (unpaired) electrons. The van der Waals surface area contributed by atoms with Crippen LogP contribution in [-0.2, 0) is 10.2 Å². The minimum atomic E-state index is -0.272. The Kier molecular flexibility index (Phi) is 5.39. The Bertz CT molecular complexity index is 725. The first-order valence-electron chi connectivity index (χ1n) is 8.62. The third-order valence-electron chi connectivity index (χ3n) is 4.62. The van der Waals surface area contributed by atoms with Gasteiger partial charge in [0.05, 0.1) is 5.41 Å². The molecule has 7 heteroatoms. The number of nitrogens with one attached hydrogen (secondary N) is 1. The van der Waals surface area contributed by atoms with Crippen LogP contribution in [0.3, 0.4) is 0 Å². The van der Waals surface area contributed by atoms with Crippen LogP contribution in [-0.4, -0.2) is 22.6 Å². The molecule has 134 valence electrons. The summed E-state index contributed by atoms with van der Waals surface area (Å²) in [5.74, 6) is 0.956. The molecule has 1 saturated carbocycles. The first-order valence-corrected chi connectivity index (χ1v) is 9.00. The number of nitrogens with two attached hydrogens (primary N) is 1. The van der Waals surface area contributed by atoms with Crippen LogP contribution >= 0.6 is 11.6 Å². The number of benzene rings is 1. The zero-order valence-electron chi connectivity index (χ0n) is 14.3. The highest BCUT2D eigenvalue weighted by molar-refractivity contribution is 6.30. The van der Waals surface area contributed by atoms with E-state index in [1.165, 1.54) is 6.92 Å². The molecule has 1 atom stereocenters. The highest BCUT2D eigenvalue weighted by Gasteiger charge is 2.50. The molecule has 0 spiro atoms. The standard InChI is InChI=1S/C18H23ClN4O2/c1-12(24)21-15(4-2-3-11-20)16-22-23-17(25-16)18(9-10-18)13-5-7-14(19)8-6-13/h5-8,15H,2-4,9-11,20H2,1H3,(H,21,24). The zero-order chi connectivity index (χ0) is 17.9. The summed E-state index contributed by atoms with van der Waals surface area (Å²) in [6.45, 7) is 2.12. The quantitative estimate of drug-likeness (QED) is 0.703. The predicted molar refractivity (Wildman–Crippen MR) is 95.2 cm³/mol. The Morgan fingerprint density at radius 1 is 1.32 bits per heavy atom. The van der Waals surface area contributed by atoms with Crippen molar-refractivity contribution in [2.75, 3.05) is 6.54 Å². The Labute approximate surface area is 152 Å². The first-order chi connectivity index (χ1) is 12.0. The maximum atomic E-state index is 11.5. The lowest BCUT2D eigenvalue weighted by Crippen LogP contribution is -2.26. The molecule has 1 fully saturated rings. The van der Waals surface area contributed by atoms with Gasteiger partial charge in [0, 0.05) is 11.9 Å². The predicted octanol–water partition coefficient (Wildman–Crippen LogP) is 3.11. The summed E-state index contributed by atoms with van der Waals surface area (Å²) < 4.78 is 5.99. The van der Waals surface area contributed by atoms with Crippen molar-refractivity contribution in [1.29, 1.82) is 0 Å². The van der Waals surface area contributed by atoms with Gasteiger partial charge < -0.3 is 15.5 Å². The van der Waals surface area contributed by atoms with Crippen molar-refractivity contribution < 1.29 is 9.21 Å². The van der Waals surface area contributed by atoms with E-state index in [1.54, 1.807) is 0 Å². The van der Waals surface area contributed by atoms with E-state index in [0.717, 1.165) is 37.7 Å². The van der Waals surface area contributed by atoms with Crippen LogP contribution < -0.4 is 11.1 Å². The molecule has 1 aliphatic rings. The van der Waals surface area contributed by atoms with Crippen molar-refractivity contribution in [3.8, 4) is 0 Å². The smallest absolute Gasteiger partial charge is 0.238 e. The van der Waals surface area contributed by atoms with Gasteiger partial charge in [0.1, 0.15) is 6.04 Å². The average molecular weight is 363 g/mol. The second-order valence-corrected chi connectivity index (χ2v) is 7.01. The molecule has 6 nitrogen and oxygen atoms in total. The summed E-state index contributed by atoms with van der Waals surface area (Å²) in [5, 5.41) is 12.1. The van der Waals surface area contributed by atoms with Gasteiger partial charge in [-0.25, -0.2) is 0 Å². The van der Waals surface area contributed by atoms with E-state index < -0.39 is 0 Å².